The molecule has 0 bridgehead atoms. The highest BCUT2D eigenvalue weighted by Crippen LogP contribution is 2.34. The predicted molar refractivity (Wildman–Crippen MR) is 105 cm³/mol. The first-order chi connectivity index (χ1) is 12.8. The van der Waals surface area contributed by atoms with E-state index >= 15 is 0 Å². The molecule has 3 rings (SSSR count). The van der Waals surface area contributed by atoms with Gasteiger partial charge in [0.25, 0.3) is 0 Å². The van der Waals surface area contributed by atoms with E-state index in [0.717, 1.165) is 33.8 Å². The van der Waals surface area contributed by atoms with Crippen LogP contribution in [0.15, 0.2) is 78.9 Å². The molecule has 0 saturated carbocycles. The van der Waals surface area contributed by atoms with Crippen molar-refractivity contribution in [2.45, 2.75) is 6.61 Å². The van der Waals surface area contributed by atoms with Gasteiger partial charge in [-0.1, -0.05) is 60.7 Å². The number of methoxy groups -OCH3 is 1. The third kappa shape index (κ3) is 4.52. The second kappa shape index (κ2) is 8.88. The number of hydrogen-bond donors (Lipinski definition) is 1. The number of rotatable bonds is 7. The Kier molecular flexibility index (Phi) is 6.07. The van der Waals surface area contributed by atoms with Crippen LogP contribution in [0.2, 0.25) is 0 Å². The van der Waals surface area contributed by atoms with E-state index in [4.69, 9.17) is 14.6 Å². The summed E-state index contributed by atoms with van der Waals surface area (Å²) >= 11 is 0. The molecule has 0 aliphatic carbocycles. The van der Waals surface area contributed by atoms with Gasteiger partial charge in [0.1, 0.15) is 18.1 Å². The molecule has 0 unspecified atom stereocenters. The van der Waals surface area contributed by atoms with E-state index in [1.54, 1.807) is 13.2 Å². The van der Waals surface area contributed by atoms with Crippen LogP contribution in [0.1, 0.15) is 11.1 Å². The highest BCUT2D eigenvalue weighted by atomic mass is 16.5. The molecule has 0 spiro atoms. The summed E-state index contributed by atoms with van der Waals surface area (Å²) in [6, 6.07) is 24.0. The van der Waals surface area contributed by atoms with Crippen LogP contribution in [-0.2, 0) is 6.61 Å². The lowest BCUT2D eigenvalue weighted by Gasteiger charge is -2.14. The summed E-state index contributed by atoms with van der Waals surface area (Å²) < 4.78 is 11.4. The molecule has 26 heavy (non-hydrogen) atoms. The minimum Gasteiger partial charge on any atom is -0.497 e. The maximum Gasteiger partial charge on any atom is 0.127 e. The molecule has 0 aromatic heterocycles. The second-order valence-corrected chi connectivity index (χ2v) is 5.85. The molecule has 3 aromatic rings. The molecular weight excluding hydrogens is 324 g/mol. The first-order valence-electron chi connectivity index (χ1n) is 8.53. The van der Waals surface area contributed by atoms with Gasteiger partial charge in [-0.2, -0.15) is 0 Å². The summed E-state index contributed by atoms with van der Waals surface area (Å²) in [5.41, 5.74) is 4.13. The Morgan fingerprint density at radius 2 is 1.77 bits per heavy atom. The van der Waals surface area contributed by atoms with Gasteiger partial charge in [0.2, 0.25) is 0 Å². The SMILES string of the molecule is COc1cccc(-c2cc(C=CCO)ccc2OCc2ccccc2)c1. The molecule has 0 aliphatic rings. The summed E-state index contributed by atoms with van der Waals surface area (Å²) in [6.45, 7) is 0.518. The van der Waals surface area contributed by atoms with Gasteiger partial charge in [-0.25, -0.2) is 0 Å². The van der Waals surface area contributed by atoms with Crippen LogP contribution in [0.5, 0.6) is 11.5 Å². The van der Waals surface area contributed by atoms with Gasteiger partial charge in [-0.15, -0.1) is 0 Å². The van der Waals surface area contributed by atoms with Gasteiger partial charge in [0.05, 0.1) is 13.7 Å². The first-order valence-corrected chi connectivity index (χ1v) is 8.53. The molecule has 0 aliphatic heterocycles. The number of ether oxygens (including phenoxy) is 2. The normalized spacial score (nSPS) is 10.8. The van der Waals surface area contributed by atoms with E-state index in [9.17, 15) is 0 Å². The number of aliphatic hydroxyl groups excluding tert-OH is 1. The zero-order valence-electron chi connectivity index (χ0n) is 14.8. The van der Waals surface area contributed by atoms with Crippen molar-refractivity contribution in [1.29, 1.82) is 0 Å². The molecule has 0 fully saturated rings. The van der Waals surface area contributed by atoms with Crippen molar-refractivity contribution in [3.63, 3.8) is 0 Å². The van der Waals surface area contributed by atoms with E-state index < -0.39 is 0 Å². The zero-order valence-corrected chi connectivity index (χ0v) is 14.8. The fraction of sp³-hybridized carbons (Fsp3) is 0.130. The van der Waals surface area contributed by atoms with Crippen LogP contribution in [-0.4, -0.2) is 18.8 Å². The third-order valence-corrected chi connectivity index (χ3v) is 4.04. The van der Waals surface area contributed by atoms with Gasteiger partial charge >= 0.3 is 0 Å². The molecule has 1 N–H and O–H groups in total. The number of benzene rings is 3. The molecule has 0 amide bonds. The maximum absolute atomic E-state index is 9.02. The zero-order chi connectivity index (χ0) is 18.2. The molecule has 3 nitrogen and oxygen atoms in total. The Bertz CT molecular complexity index is 870. The quantitative estimate of drug-likeness (QED) is 0.658. The summed E-state index contributed by atoms with van der Waals surface area (Å²) in [5, 5.41) is 9.02. The van der Waals surface area contributed by atoms with E-state index in [-0.39, 0.29) is 6.61 Å². The van der Waals surface area contributed by atoms with E-state index in [1.165, 1.54) is 0 Å². The topological polar surface area (TPSA) is 38.7 Å². The Morgan fingerprint density at radius 1 is 0.923 bits per heavy atom. The molecule has 3 heteroatoms. The molecule has 0 saturated heterocycles. The Labute approximate surface area is 154 Å². The predicted octanol–water partition coefficient (Wildman–Crippen LogP) is 4.95. The van der Waals surface area contributed by atoms with Crippen LogP contribution in [0.4, 0.5) is 0 Å². The fourth-order valence-electron chi connectivity index (χ4n) is 2.72. The summed E-state index contributed by atoms with van der Waals surface area (Å²) in [6.07, 6.45) is 3.61. The van der Waals surface area contributed by atoms with Crippen LogP contribution >= 0.6 is 0 Å². The first kappa shape index (κ1) is 17.8. The van der Waals surface area contributed by atoms with Crippen molar-refractivity contribution in [2.75, 3.05) is 13.7 Å². The van der Waals surface area contributed by atoms with Gasteiger partial charge < -0.3 is 14.6 Å². The van der Waals surface area contributed by atoms with Crippen LogP contribution in [0.3, 0.4) is 0 Å². The lowest BCUT2D eigenvalue weighted by molar-refractivity contribution is 0.307. The molecular formula is C23H22O3. The molecule has 132 valence electrons. The van der Waals surface area contributed by atoms with Gasteiger partial charge in [0.15, 0.2) is 0 Å². The number of hydrogen-bond acceptors (Lipinski definition) is 3. The average Bonchev–Trinajstić information content (AvgIpc) is 2.71. The Morgan fingerprint density at radius 3 is 2.54 bits per heavy atom. The monoisotopic (exact) mass is 346 g/mol. The molecule has 0 radical (unpaired) electrons. The Balaban J connectivity index is 1.95. The smallest absolute Gasteiger partial charge is 0.127 e. The van der Waals surface area contributed by atoms with Crippen LogP contribution < -0.4 is 9.47 Å². The summed E-state index contributed by atoms with van der Waals surface area (Å²) in [5.74, 6) is 1.61. The third-order valence-electron chi connectivity index (χ3n) is 4.04. The lowest BCUT2D eigenvalue weighted by atomic mass is 10.0. The molecule has 3 aromatic carbocycles. The van der Waals surface area contributed by atoms with Crippen molar-refractivity contribution >= 4 is 6.08 Å². The maximum atomic E-state index is 9.02. The van der Waals surface area contributed by atoms with Crippen molar-refractivity contribution < 1.29 is 14.6 Å². The van der Waals surface area contributed by atoms with Crippen molar-refractivity contribution in [2.24, 2.45) is 0 Å². The molecule has 0 heterocycles. The lowest BCUT2D eigenvalue weighted by Crippen LogP contribution is -1.97. The van der Waals surface area contributed by atoms with E-state index in [1.807, 2.05) is 72.8 Å². The van der Waals surface area contributed by atoms with Crippen molar-refractivity contribution in [3.8, 4) is 22.6 Å². The minimum atomic E-state index is 0.0146. The molecule has 0 atom stereocenters. The summed E-state index contributed by atoms with van der Waals surface area (Å²) in [7, 11) is 1.66. The van der Waals surface area contributed by atoms with Gasteiger partial charge in [-0.05, 0) is 41.0 Å². The minimum absolute atomic E-state index is 0.0146. The highest BCUT2D eigenvalue weighted by molar-refractivity contribution is 5.74. The van der Waals surface area contributed by atoms with Crippen molar-refractivity contribution in [1.82, 2.24) is 0 Å². The largest absolute Gasteiger partial charge is 0.497 e. The summed E-state index contributed by atoms with van der Waals surface area (Å²) in [4.78, 5) is 0. The number of aliphatic hydroxyl groups is 1. The average molecular weight is 346 g/mol. The van der Waals surface area contributed by atoms with Crippen LogP contribution in [0, 0.1) is 0 Å². The van der Waals surface area contributed by atoms with E-state index in [0.29, 0.717) is 6.61 Å². The fourth-order valence-corrected chi connectivity index (χ4v) is 2.72. The Hall–Kier alpha value is -3.04. The van der Waals surface area contributed by atoms with Gasteiger partial charge in [0, 0.05) is 5.56 Å². The highest BCUT2D eigenvalue weighted by Gasteiger charge is 2.09. The van der Waals surface area contributed by atoms with Crippen molar-refractivity contribution in [3.05, 3.63) is 90.0 Å². The second-order valence-electron chi connectivity index (χ2n) is 5.85. The van der Waals surface area contributed by atoms with Crippen LogP contribution in [0.25, 0.3) is 17.2 Å². The standard InChI is InChI=1S/C23H22O3/c1-25-21-11-5-10-20(16-21)22-15-18(9-6-14-24)12-13-23(22)26-17-19-7-3-2-4-8-19/h2-13,15-16,24H,14,17H2,1H3. The van der Waals surface area contributed by atoms with E-state index in [2.05, 4.69) is 6.07 Å². The van der Waals surface area contributed by atoms with Gasteiger partial charge in [-0.3, -0.25) is 0 Å².